The Kier molecular flexibility index (Phi) is 8.55. The number of ether oxygens (including phenoxy) is 1. The Hall–Kier alpha value is -3.73. The lowest BCUT2D eigenvalue weighted by atomic mass is 10.0. The molecule has 11 heteroatoms. The molecule has 39 heavy (non-hydrogen) atoms. The average Bonchev–Trinajstić information content (AvgIpc) is 3.27. The third-order valence-electron chi connectivity index (χ3n) is 7.56. The minimum atomic E-state index is -0.611. The third-order valence-corrected chi connectivity index (χ3v) is 7.56. The number of piperazine rings is 1. The summed E-state index contributed by atoms with van der Waals surface area (Å²) in [4.78, 5) is 45.2. The Morgan fingerprint density at radius 3 is 2.62 bits per heavy atom. The second-order valence-corrected chi connectivity index (χ2v) is 10.4. The largest absolute Gasteiger partial charge is 0.491 e. The first-order chi connectivity index (χ1) is 19.0. The Morgan fingerprint density at radius 1 is 0.949 bits per heavy atom. The molecule has 3 aliphatic heterocycles. The number of anilines is 3. The number of amides is 2. The third kappa shape index (κ3) is 6.47. The number of carbonyl (C=O) groups is 2. The zero-order valence-corrected chi connectivity index (χ0v) is 22.9. The normalized spacial score (nSPS) is 21.5. The summed E-state index contributed by atoms with van der Waals surface area (Å²) in [6.45, 7) is 5.69. The first-order valence-corrected chi connectivity index (χ1v) is 13.9. The summed E-state index contributed by atoms with van der Waals surface area (Å²) in [5.41, 5.74) is 2.47. The highest BCUT2D eigenvalue weighted by molar-refractivity contribution is 6.13. The fraction of sp³-hybridized carbons (Fsp3) is 0.536. The molecular weight excluding hydrogens is 496 g/mol. The number of hydrogen-bond donors (Lipinski definition) is 2. The molecule has 1 aromatic heterocycles. The molecule has 4 heterocycles. The molecular formula is C28H38N8O3. The maximum atomic E-state index is 12.9. The molecule has 208 valence electrons. The van der Waals surface area contributed by atoms with Crippen LogP contribution in [0.3, 0.4) is 0 Å². The van der Waals surface area contributed by atoms with Crippen molar-refractivity contribution in [2.75, 3.05) is 75.5 Å². The number of rotatable bonds is 1. The van der Waals surface area contributed by atoms with Gasteiger partial charge in [-0.3, -0.25) is 14.6 Å². The lowest BCUT2D eigenvalue weighted by Gasteiger charge is -2.35. The van der Waals surface area contributed by atoms with E-state index in [0.717, 1.165) is 69.0 Å². The molecule has 1 saturated heterocycles. The second-order valence-electron chi connectivity index (χ2n) is 10.4. The molecule has 5 rings (SSSR count). The summed E-state index contributed by atoms with van der Waals surface area (Å²) in [5.74, 6) is 1.26. The van der Waals surface area contributed by atoms with E-state index >= 15 is 0 Å². The van der Waals surface area contributed by atoms with Gasteiger partial charge in [-0.05, 0) is 44.9 Å². The minimum Gasteiger partial charge on any atom is -0.491 e. The zero-order chi connectivity index (χ0) is 27.2. The maximum absolute atomic E-state index is 12.9. The number of nitrogens with one attached hydrogen (secondary N) is 2. The first kappa shape index (κ1) is 26.9. The van der Waals surface area contributed by atoms with Gasteiger partial charge >= 0.3 is 0 Å². The Bertz CT molecular complexity index is 1210. The molecule has 0 radical (unpaired) electrons. The monoisotopic (exact) mass is 534 g/mol. The molecule has 2 amide bonds. The molecule has 3 aliphatic rings. The molecule has 0 saturated carbocycles. The van der Waals surface area contributed by atoms with E-state index < -0.39 is 5.92 Å². The summed E-state index contributed by atoms with van der Waals surface area (Å²) in [5, 5.41) is 6.18. The van der Waals surface area contributed by atoms with Gasteiger partial charge in [-0.2, -0.15) is 0 Å². The second kappa shape index (κ2) is 12.4. The Morgan fingerprint density at radius 2 is 1.77 bits per heavy atom. The van der Waals surface area contributed by atoms with Gasteiger partial charge < -0.3 is 30.1 Å². The summed E-state index contributed by atoms with van der Waals surface area (Å²) in [6, 6.07) is 5.99. The lowest BCUT2D eigenvalue weighted by Crippen LogP contribution is -2.44. The fourth-order valence-corrected chi connectivity index (χ4v) is 5.14. The van der Waals surface area contributed by atoms with Crippen LogP contribution in [-0.4, -0.2) is 97.8 Å². The van der Waals surface area contributed by atoms with Crippen LogP contribution in [0.25, 0.3) is 0 Å². The van der Waals surface area contributed by atoms with E-state index in [1.165, 1.54) is 6.33 Å². The number of benzene rings is 1. The van der Waals surface area contributed by atoms with Crippen LogP contribution in [0, 0.1) is 0 Å². The summed E-state index contributed by atoms with van der Waals surface area (Å²) >= 11 is 0. The van der Waals surface area contributed by atoms with Crippen LogP contribution < -0.4 is 20.3 Å². The van der Waals surface area contributed by atoms with E-state index in [2.05, 4.69) is 43.5 Å². The van der Waals surface area contributed by atoms with Gasteiger partial charge in [0.05, 0.1) is 23.5 Å². The molecule has 1 aromatic carbocycles. The van der Waals surface area contributed by atoms with Crippen LogP contribution in [0.2, 0.25) is 0 Å². The van der Waals surface area contributed by atoms with Crippen molar-refractivity contribution < 1.29 is 14.3 Å². The van der Waals surface area contributed by atoms with Crippen LogP contribution >= 0.6 is 0 Å². The topological polar surface area (TPSA) is 115 Å². The molecule has 1 unspecified atom stereocenters. The van der Waals surface area contributed by atoms with Gasteiger partial charge in [0.25, 0.3) is 0 Å². The van der Waals surface area contributed by atoms with Gasteiger partial charge in [-0.1, -0.05) is 0 Å². The molecule has 11 nitrogen and oxygen atoms in total. The van der Waals surface area contributed by atoms with Gasteiger partial charge in [0.2, 0.25) is 11.8 Å². The van der Waals surface area contributed by atoms with E-state index in [1.54, 1.807) is 11.1 Å². The lowest BCUT2D eigenvalue weighted by molar-refractivity contribution is -0.130. The summed E-state index contributed by atoms with van der Waals surface area (Å²) in [6.07, 6.45) is 7.05. The predicted molar refractivity (Wildman–Crippen MR) is 152 cm³/mol. The molecule has 2 bridgehead atoms. The predicted octanol–water partition coefficient (Wildman–Crippen LogP) is 2.88. The highest BCUT2D eigenvalue weighted by Gasteiger charge is 2.33. The number of aliphatic imine (C=N–C) groups is 1. The van der Waals surface area contributed by atoms with E-state index in [1.807, 2.05) is 19.2 Å². The molecule has 0 aliphatic carbocycles. The number of hydrogen-bond acceptors (Lipinski definition) is 9. The maximum Gasteiger partial charge on any atom is 0.238 e. The molecule has 0 spiro atoms. The van der Waals surface area contributed by atoms with Crippen molar-refractivity contribution in [1.29, 1.82) is 0 Å². The smallest absolute Gasteiger partial charge is 0.238 e. The van der Waals surface area contributed by atoms with Crippen molar-refractivity contribution in [1.82, 2.24) is 19.8 Å². The molecule has 1 fully saturated rings. The first-order valence-electron chi connectivity index (χ1n) is 13.9. The SMILES string of the molecule is CN1CCN(c2ccc3cc2OCCCCCC(=O)N(C)CCCNc2ncnc4c2C(C=N3)C(=O)N4)CC1. The minimum absolute atomic E-state index is 0.157. The van der Waals surface area contributed by atoms with Crippen molar-refractivity contribution in [2.45, 2.75) is 38.0 Å². The fourth-order valence-electron chi connectivity index (χ4n) is 5.14. The Labute approximate surface area is 229 Å². The summed E-state index contributed by atoms with van der Waals surface area (Å²) in [7, 11) is 3.99. The van der Waals surface area contributed by atoms with Crippen LogP contribution in [0.15, 0.2) is 29.5 Å². The number of likely N-dealkylation sites (N-methyl/N-ethyl adjacent to an activating group) is 1. The van der Waals surface area contributed by atoms with Crippen LogP contribution in [0.1, 0.15) is 43.6 Å². The van der Waals surface area contributed by atoms with Gasteiger partial charge in [-0.25, -0.2) is 9.97 Å². The number of carbonyl (C=O) groups excluding carboxylic acids is 2. The highest BCUT2D eigenvalue weighted by atomic mass is 16.5. The molecule has 2 N–H and O–H groups in total. The number of fused-ring (bicyclic) bond motifs is 2. The number of nitrogens with zero attached hydrogens (tertiary/aromatic N) is 6. The quantitative estimate of drug-likeness (QED) is 0.574. The van der Waals surface area contributed by atoms with Crippen molar-refractivity contribution in [3.05, 3.63) is 30.1 Å². The van der Waals surface area contributed by atoms with Crippen molar-refractivity contribution >= 4 is 41.0 Å². The molecule has 1 atom stereocenters. The van der Waals surface area contributed by atoms with E-state index in [0.29, 0.717) is 43.3 Å². The van der Waals surface area contributed by atoms with Crippen molar-refractivity contribution in [3.63, 3.8) is 0 Å². The number of aromatic nitrogens is 2. The highest BCUT2D eigenvalue weighted by Crippen LogP contribution is 2.36. The van der Waals surface area contributed by atoms with Crippen LogP contribution in [-0.2, 0) is 9.59 Å². The average molecular weight is 535 g/mol. The van der Waals surface area contributed by atoms with E-state index in [4.69, 9.17) is 9.73 Å². The van der Waals surface area contributed by atoms with Gasteiger partial charge in [0.15, 0.2) is 0 Å². The van der Waals surface area contributed by atoms with Crippen molar-refractivity contribution in [3.8, 4) is 5.75 Å². The zero-order valence-electron chi connectivity index (χ0n) is 22.9. The summed E-state index contributed by atoms with van der Waals surface area (Å²) < 4.78 is 6.29. The van der Waals surface area contributed by atoms with E-state index in [-0.39, 0.29) is 11.8 Å². The Balaban J connectivity index is 1.42. The van der Waals surface area contributed by atoms with Crippen LogP contribution in [0.5, 0.6) is 5.75 Å². The van der Waals surface area contributed by atoms with Crippen LogP contribution in [0.4, 0.5) is 23.0 Å². The van der Waals surface area contributed by atoms with Gasteiger partial charge in [0, 0.05) is 65.0 Å². The molecule has 2 aromatic rings. The van der Waals surface area contributed by atoms with E-state index in [9.17, 15) is 9.59 Å². The standard InChI is InChI=1S/C28H38N8O3/c1-34-12-14-36(15-13-34)22-9-8-20-17-23(22)39-16-5-3-4-7-24(37)35(2)11-6-10-29-26-25-21(18-30-20)28(38)33-27(25)32-19-31-26/h8-9,17-19,21H,3-7,10-16H2,1-2H3,(H2,29,31,32,33,38). The van der Waals surface area contributed by atoms with Gasteiger partial charge in [-0.15, -0.1) is 0 Å². The van der Waals surface area contributed by atoms with Crippen molar-refractivity contribution in [2.24, 2.45) is 4.99 Å². The van der Waals surface area contributed by atoms with Gasteiger partial charge in [0.1, 0.15) is 29.6 Å².